The average Bonchev–Trinajstić information content (AvgIpc) is 2.88. The molecule has 1 saturated carbocycles. The molecule has 1 heterocycles. The van der Waals surface area contributed by atoms with Gasteiger partial charge >= 0.3 is 5.97 Å². The van der Waals surface area contributed by atoms with E-state index in [-0.39, 0.29) is 17.6 Å². The zero-order valence-electron chi connectivity index (χ0n) is 11.5. The highest BCUT2D eigenvalue weighted by Gasteiger charge is 2.30. The predicted molar refractivity (Wildman–Crippen MR) is 74.4 cm³/mol. The van der Waals surface area contributed by atoms with Crippen LogP contribution in [0.3, 0.4) is 0 Å². The van der Waals surface area contributed by atoms with Gasteiger partial charge in [0, 0.05) is 30.8 Å². The van der Waals surface area contributed by atoms with Gasteiger partial charge in [0.1, 0.15) is 11.6 Å². The van der Waals surface area contributed by atoms with Gasteiger partial charge < -0.3 is 9.30 Å². The summed E-state index contributed by atoms with van der Waals surface area (Å²) in [4.78, 5) is 22.9. The van der Waals surface area contributed by atoms with Crippen LogP contribution >= 0.6 is 0 Å². The van der Waals surface area contributed by atoms with Crippen LogP contribution in [-0.2, 0) is 9.53 Å². The van der Waals surface area contributed by atoms with Crippen molar-refractivity contribution in [1.82, 2.24) is 4.57 Å². The van der Waals surface area contributed by atoms with Gasteiger partial charge in [-0.05, 0) is 35.9 Å². The van der Waals surface area contributed by atoms with Crippen molar-refractivity contribution in [2.75, 3.05) is 7.11 Å². The minimum atomic E-state index is -0.428. The van der Waals surface area contributed by atoms with Crippen LogP contribution in [0.4, 0.5) is 4.39 Å². The Kier molecular flexibility index (Phi) is 3.33. The van der Waals surface area contributed by atoms with E-state index in [0.29, 0.717) is 18.4 Å². The molecule has 3 rings (SSSR count). The summed E-state index contributed by atoms with van der Waals surface area (Å²) < 4.78 is 19.7. The highest BCUT2D eigenvalue weighted by atomic mass is 19.1. The Morgan fingerprint density at radius 3 is 2.52 bits per heavy atom. The molecule has 1 fully saturated rings. The fourth-order valence-corrected chi connectivity index (χ4v) is 2.53. The molecule has 1 aromatic carbocycles. The molecule has 0 aliphatic heterocycles. The van der Waals surface area contributed by atoms with Gasteiger partial charge in [-0.3, -0.25) is 4.79 Å². The van der Waals surface area contributed by atoms with Crippen LogP contribution in [-0.4, -0.2) is 23.4 Å². The minimum absolute atomic E-state index is 0.0518. The van der Waals surface area contributed by atoms with Crippen molar-refractivity contribution in [3.63, 3.8) is 0 Å². The van der Waals surface area contributed by atoms with Crippen LogP contribution in [0, 0.1) is 5.82 Å². The number of benzene rings is 1. The summed E-state index contributed by atoms with van der Waals surface area (Å²) in [6, 6.07) is 7.82. The van der Waals surface area contributed by atoms with Crippen LogP contribution in [0.15, 0.2) is 36.5 Å². The lowest BCUT2D eigenvalue weighted by Gasteiger charge is -2.27. The summed E-state index contributed by atoms with van der Waals surface area (Å²) in [6.45, 7) is 0. The molecule has 0 N–H and O–H groups in total. The Morgan fingerprint density at radius 2 is 1.95 bits per heavy atom. The second-order valence-corrected chi connectivity index (χ2v) is 5.12. The van der Waals surface area contributed by atoms with Gasteiger partial charge in [-0.15, -0.1) is 0 Å². The summed E-state index contributed by atoms with van der Waals surface area (Å²) in [7, 11) is 1.32. The van der Waals surface area contributed by atoms with Crippen molar-refractivity contribution in [2.24, 2.45) is 0 Å². The normalized spacial score (nSPS) is 14.9. The number of methoxy groups -OCH3 is 1. The first kappa shape index (κ1) is 13.5. The molecule has 0 atom stereocenters. The topological polar surface area (TPSA) is 48.3 Å². The molecule has 0 bridgehead atoms. The van der Waals surface area contributed by atoms with Crippen LogP contribution in [0.2, 0.25) is 0 Å². The van der Waals surface area contributed by atoms with E-state index in [1.165, 1.54) is 19.2 Å². The number of hydrogen-bond donors (Lipinski definition) is 0. The number of carbonyl (C=O) groups is 2. The van der Waals surface area contributed by atoms with Gasteiger partial charge in [0.2, 0.25) is 0 Å². The minimum Gasteiger partial charge on any atom is -0.465 e. The van der Waals surface area contributed by atoms with Crippen molar-refractivity contribution in [2.45, 2.75) is 18.9 Å². The number of Topliss-reactive ketones (excluding diaryl/α,β-unsaturated/α-hetero) is 1. The molecule has 0 unspecified atom stereocenters. The van der Waals surface area contributed by atoms with Crippen molar-refractivity contribution in [3.05, 3.63) is 47.9 Å². The standard InChI is InChI=1S/C16H14FNO3/c1-21-16(20)11-6-15(10-2-4-12(17)5-3-10)18(9-11)13-7-14(19)8-13/h2-6,9,13H,7-8H2,1H3. The molecule has 5 heteroatoms. The molecule has 1 aliphatic carbocycles. The number of carbonyl (C=O) groups excluding carboxylic acids is 2. The Hall–Kier alpha value is -2.43. The Balaban J connectivity index is 2.04. The first-order valence-electron chi connectivity index (χ1n) is 6.66. The Bertz CT molecular complexity index is 695. The zero-order valence-corrected chi connectivity index (χ0v) is 11.5. The summed E-state index contributed by atoms with van der Waals surface area (Å²) in [5.74, 6) is -0.537. The van der Waals surface area contributed by atoms with Crippen molar-refractivity contribution < 1.29 is 18.7 Å². The maximum absolute atomic E-state index is 13.1. The van der Waals surface area contributed by atoms with E-state index >= 15 is 0 Å². The number of hydrogen-bond acceptors (Lipinski definition) is 3. The molecule has 1 aliphatic rings. The van der Waals surface area contributed by atoms with E-state index in [9.17, 15) is 14.0 Å². The summed E-state index contributed by atoms with van der Waals surface area (Å²) >= 11 is 0. The first-order valence-corrected chi connectivity index (χ1v) is 6.66. The first-order chi connectivity index (χ1) is 10.1. The number of aromatic nitrogens is 1. The van der Waals surface area contributed by atoms with Gasteiger partial charge in [0.15, 0.2) is 0 Å². The molecule has 2 aromatic rings. The number of esters is 1. The molecular weight excluding hydrogens is 273 g/mol. The number of ether oxygens (including phenoxy) is 1. The molecule has 108 valence electrons. The van der Waals surface area contributed by atoms with E-state index < -0.39 is 5.97 Å². The number of ketones is 1. The Labute approximate surface area is 121 Å². The highest BCUT2D eigenvalue weighted by Crippen LogP contribution is 2.35. The largest absolute Gasteiger partial charge is 0.465 e. The molecular formula is C16H14FNO3. The van der Waals surface area contributed by atoms with Crippen LogP contribution in [0.5, 0.6) is 0 Å². The summed E-state index contributed by atoms with van der Waals surface area (Å²) in [5.41, 5.74) is 2.01. The van der Waals surface area contributed by atoms with Gasteiger partial charge in [-0.2, -0.15) is 0 Å². The highest BCUT2D eigenvalue weighted by molar-refractivity contribution is 5.91. The lowest BCUT2D eigenvalue weighted by atomic mass is 9.91. The zero-order chi connectivity index (χ0) is 15.0. The van der Waals surface area contributed by atoms with Crippen molar-refractivity contribution in [1.29, 1.82) is 0 Å². The third kappa shape index (κ3) is 2.46. The SMILES string of the molecule is COC(=O)c1cc(-c2ccc(F)cc2)n(C2CC(=O)C2)c1. The van der Waals surface area contributed by atoms with E-state index in [0.717, 1.165) is 11.3 Å². The summed E-state index contributed by atoms with van der Waals surface area (Å²) in [6.07, 6.45) is 2.62. The quantitative estimate of drug-likeness (QED) is 0.815. The second-order valence-electron chi connectivity index (χ2n) is 5.12. The van der Waals surface area contributed by atoms with Gasteiger partial charge in [0.05, 0.1) is 12.7 Å². The molecule has 0 saturated heterocycles. The van der Waals surface area contributed by atoms with E-state index in [4.69, 9.17) is 4.74 Å². The third-order valence-electron chi connectivity index (χ3n) is 3.73. The third-order valence-corrected chi connectivity index (χ3v) is 3.73. The second kappa shape index (κ2) is 5.16. The van der Waals surface area contributed by atoms with Crippen LogP contribution in [0.25, 0.3) is 11.3 Å². The van der Waals surface area contributed by atoms with Crippen molar-refractivity contribution >= 4 is 11.8 Å². The predicted octanol–water partition coefficient (Wildman–Crippen LogP) is 2.98. The van der Waals surface area contributed by atoms with E-state index in [1.807, 2.05) is 4.57 Å². The lowest BCUT2D eigenvalue weighted by Crippen LogP contribution is -2.26. The van der Waals surface area contributed by atoms with E-state index in [1.54, 1.807) is 24.4 Å². The van der Waals surface area contributed by atoms with Gasteiger partial charge in [0.25, 0.3) is 0 Å². The smallest absolute Gasteiger partial charge is 0.339 e. The van der Waals surface area contributed by atoms with Crippen LogP contribution in [0.1, 0.15) is 29.2 Å². The van der Waals surface area contributed by atoms with Crippen LogP contribution < -0.4 is 0 Å². The number of halogens is 1. The van der Waals surface area contributed by atoms with E-state index in [2.05, 4.69) is 0 Å². The molecule has 4 nitrogen and oxygen atoms in total. The lowest BCUT2D eigenvalue weighted by molar-refractivity contribution is -0.126. The fraction of sp³-hybridized carbons (Fsp3) is 0.250. The molecule has 1 aromatic heterocycles. The average molecular weight is 287 g/mol. The monoisotopic (exact) mass is 287 g/mol. The maximum Gasteiger partial charge on any atom is 0.339 e. The van der Waals surface area contributed by atoms with Gasteiger partial charge in [-0.1, -0.05) is 0 Å². The number of nitrogens with zero attached hydrogens (tertiary/aromatic N) is 1. The number of rotatable bonds is 3. The molecule has 21 heavy (non-hydrogen) atoms. The molecule has 0 radical (unpaired) electrons. The molecule has 0 amide bonds. The van der Waals surface area contributed by atoms with Gasteiger partial charge in [-0.25, -0.2) is 9.18 Å². The Morgan fingerprint density at radius 1 is 1.29 bits per heavy atom. The fourth-order valence-electron chi connectivity index (χ4n) is 2.53. The maximum atomic E-state index is 13.1. The van der Waals surface area contributed by atoms with Crippen molar-refractivity contribution in [3.8, 4) is 11.3 Å². The molecule has 0 spiro atoms. The summed E-state index contributed by atoms with van der Waals surface area (Å²) in [5, 5.41) is 0.